The average molecular weight is 338 g/mol. The molecule has 5 heteroatoms. The van der Waals surface area contributed by atoms with E-state index in [9.17, 15) is 4.79 Å². The highest BCUT2D eigenvalue weighted by Gasteiger charge is 2.23. The number of aromatic nitrogens is 2. The molecular formula is C20H26N4O. The lowest BCUT2D eigenvalue weighted by Gasteiger charge is -2.35. The maximum atomic E-state index is 12.6. The van der Waals surface area contributed by atoms with Crippen LogP contribution in [-0.4, -0.2) is 40.4 Å². The van der Waals surface area contributed by atoms with E-state index in [4.69, 9.17) is 0 Å². The highest BCUT2D eigenvalue weighted by Crippen LogP contribution is 2.23. The Morgan fingerprint density at radius 3 is 2.60 bits per heavy atom. The van der Waals surface area contributed by atoms with Crippen LogP contribution in [0, 0.1) is 0 Å². The number of amides is 1. The lowest BCUT2D eigenvalue weighted by Crippen LogP contribution is -2.40. The Balaban J connectivity index is 1.68. The van der Waals surface area contributed by atoms with Gasteiger partial charge in [0.05, 0.1) is 5.56 Å². The van der Waals surface area contributed by atoms with Crippen LogP contribution in [0.15, 0.2) is 42.7 Å². The van der Waals surface area contributed by atoms with Crippen molar-refractivity contribution in [2.45, 2.75) is 45.2 Å². The number of anilines is 1. The highest BCUT2D eigenvalue weighted by molar-refractivity contribution is 5.93. The molecule has 0 N–H and O–H groups in total. The molecule has 1 aliphatic heterocycles. The van der Waals surface area contributed by atoms with Gasteiger partial charge in [0.15, 0.2) is 0 Å². The summed E-state index contributed by atoms with van der Waals surface area (Å²) in [7, 11) is 1.81. The molecule has 1 unspecified atom stereocenters. The summed E-state index contributed by atoms with van der Waals surface area (Å²) in [5.74, 6) is 0.690. The fourth-order valence-electron chi connectivity index (χ4n) is 3.42. The molecule has 0 aliphatic carbocycles. The van der Waals surface area contributed by atoms with Crippen molar-refractivity contribution in [1.82, 2.24) is 14.9 Å². The second-order valence-corrected chi connectivity index (χ2v) is 6.67. The van der Waals surface area contributed by atoms with Crippen LogP contribution in [0.1, 0.15) is 48.5 Å². The van der Waals surface area contributed by atoms with Crippen molar-refractivity contribution < 1.29 is 4.79 Å². The van der Waals surface area contributed by atoms with Gasteiger partial charge < -0.3 is 9.80 Å². The second-order valence-electron chi connectivity index (χ2n) is 6.67. The second kappa shape index (κ2) is 8.10. The standard InChI is InChI=1S/C20H26N4O/c1-3-18-11-7-8-12-24(18)20-21-13-17(14-22-20)19(25)23(2)15-16-9-5-4-6-10-16/h4-6,9-10,13-14,18H,3,7-8,11-12,15H2,1-2H3. The lowest BCUT2D eigenvalue weighted by molar-refractivity contribution is 0.0784. The van der Waals surface area contributed by atoms with Gasteiger partial charge in [-0.3, -0.25) is 4.79 Å². The quantitative estimate of drug-likeness (QED) is 0.837. The molecule has 0 radical (unpaired) electrons. The number of hydrogen-bond donors (Lipinski definition) is 0. The summed E-state index contributed by atoms with van der Waals surface area (Å²) in [6.07, 6.45) is 8.07. The number of carbonyl (C=O) groups excluding carboxylic acids is 1. The largest absolute Gasteiger partial charge is 0.338 e. The zero-order valence-electron chi connectivity index (χ0n) is 15.1. The van der Waals surface area contributed by atoms with E-state index in [0.29, 0.717) is 18.2 Å². The van der Waals surface area contributed by atoms with Crippen LogP contribution < -0.4 is 4.90 Å². The van der Waals surface area contributed by atoms with Crippen molar-refractivity contribution in [1.29, 1.82) is 0 Å². The molecule has 1 amide bonds. The summed E-state index contributed by atoms with van der Waals surface area (Å²) in [4.78, 5) is 25.5. The number of nitrogens with zero attached hydrogens (tertiary/aromatic N) is 4. The van der Waals surface area contributed by atoms with Gasteiger partial charge in [0.2, 0.25) is 5.95 Å². The van der Waals surface area contributed by atoms with Crippen LogP contribution in [0.25, 0.3) is 0 Å². The topological polar surface area (TPSA) is 49.3 Å². The minimum absolute atomic E-state index is 0.0545. The summed E-state index contributed by atoms with van der Waals surface area (Å²) >= 11 is 0. The number of rotatable bonds is 5. The van der Waals surface area contributed by atoms with Crippen LogP contribution in [0.4, 0.5) is 5.95 Å². The first-order valence-electron chi connectivity index (χ1n) is 9.07. The van der Waals surface area contributed by atoms with Gasteiger partial charge in [-0.15, -0.1) is 0 Å². The van der Waals surface area contributed by atoms with Gasteiger partial charge in [0.25, 0.3) is 5.91 Å². The molecule has 1 saturated heterocycles. The van der Waals surface area contributed by atoms with Crippen LogP contribution >= 0.6 is 0 Å². The first kappa shape index (κ1) is 17.4. The Bertz CT molecular complexity index is 687. The number of piperidine rings is 1. The summed E-state index contributed by atoms with van der Waals surface area (Å²) in [6, 6.07) is 10.5. The Hall–Kier alpha value is -2.43. The van der Waals surface area contributed by atoms with Gasteiger partial charge in [-0.25, -0.2) is 9.97 Å². The van der Waals surface area contributed by atoms with Crippen molar-refractivity contribution in [3.63, 3.8) is 0 Å². The van der Waals surface area contributed by atoms with Crippen LogP contribution in [-0.2, 0) is 6.54 Å². The predicted molar refractivity (Wildman–Crippen MR) is 99.5 cm³/mol. The Labute approximate surface area is 149 Å². The van der Waals surface area contributed by atoms with E-state index in [1.807, 2.05) is 30.3 Å². The van der Waals surface area contributed by atoms with Gasteiger partial charge in [-0.2, -0.15) is 0 Å². The molecule has 2 heterocycles. The van der Waals surface area contributed by atoms with E-state index >= 15 is 0 Å². The monoisotopic (exact) mass is 338 g/mol. The third kappa shape index (κ3) is 4.16. The van der Waals surface area contributed by atoms with E-state index in [0.717, 1.165) is 24.5 Å². The fourth-order valence-corrected chi connectivity index (χ4v) is 3.42. The molecule has 25 heavy (non-hydrogen) atoms. The average Bonchev–Trinajstić information content (AvgIpc) is 2.68. The van der Waals surface area contributed by atoms with Gasteiger partial charge >= 0.3 is 0 Å². The van der Waals surface area contributed by atoms with Crippen molar-refractivity contribution in [3.05, 3.63) is 53.9 Å². The van der Waals surface area contributed by atoms with Crippen molar-refractivity contribution in [2.75, 3.05) is 18.5 Å². The van der Waals surface area contributed by atoms with E-state index in [2.05, 4.69) is 21.8 Å². The Kier molecular flexibility index (Phi) is 5.64. The maximum Gasteiger partial charge on any atom is 0.257 e. The Morgan fingerprint density at radius 2 is 1.92 bits per heavy atom. The zero-order chi connectivity index (χ0) is 17.6. The van der Waals surface area contributed by atoms with Crippen LogP contribution in [0.2, 0.25) is 0 Å². The normalized spacial score (nSPS) is 17.4. The molecule has 5 nitrogen and oxygen atoms in total. The van der Waals surface area contributed by atoms with Gasteiger partial charge in [-0.1, -0.05) is 37.3 Å². The lowest BCUT2D eigenvalue weighted by atomic mass is 10.0. The first-order valence-corrected chi connectivity index (χ1v) is 9.07. The molecule has 0 saturated carbocycles. The molecule has 0 spiro atoms. The number of hydrogen-bond acceptors (Lipinski definition) is 4. The van der Waals surface area contributed by atoms with E-state index in [1.54, 1.807) is 24.3 Å². The smallest absolute Gasteiger partial charge is 0.257 e. The summed E-state index contributed by atoms with van der Waals surface area (Å²) in [5, 5.41) is 0. The number of benzene rings is 1. The van der Waals surface area contributed by atoms with Crippen molar-refractivity contribution >= 4 is 11.9 Å². The molecule has 3 rings (SSSR count). The first-order chi connectivity index (χ1) is 12.2. The minimum Gasteiger partial charge on any atom is -0.338 e. The van der Waals surface area contributed by atoms with Crippen molar-refractivity contribution in [3.8, 4) is 0 Å². The molecule has 1 aromatic heterocycles. The molecular weight excluding hydrogens is 312 g/mol. The predicted octanol–water partition coefficient (Wildman–Crippen LogP) is 3.52. The third-order valence-electron chi connectivity index (χ3n) is 4.85. The summed E-state index contributed by atoms with van der Waals surface area (Å²) < 4.78 is 0. The van der Waals surface area contributed by atoms with Crippen molar-refractivity contribution in [2.24, 2.45) is 0 Å². The summed E-state index contributed by atoms with van der Waals surface area (Å²) in [6.45, 7) is 3.78. The molecule has 2 aromatic rings. The minimum atomic E-state index is -0.0545. The van der Waals surface area contributed by atoms with E-state index in [1.165, 1.54) is 19.3 Å². The molecule has 0 bridgehead atoms. The fraction of sp³-hybridized carbons (Fsp3) is 0.450. The highest BCUT2D eigenvalue weighted by atomic mass is 16.2. The SMILES string of the molecule is CCC1CCCCN1c1ncc(C(=O)N(C)Cc2ccccc2)cn1. The van der Waals surface area contributed by atoms with Crippen LogP contribution in [0.3, 0.4) is 0 Å². The van der Waals surface area contributed by atoms with E-state index < -0.39 is 0 Å². The molecule has 1 fully saturated rings. The molecule has 132 valence electrons. The molecule has 1 atom stereocenters. The maximum absolute atomic E-state index is 12.6. The third-order valence-corrected chi connectivity index (χ3v) is 4.85. The van der Waals surface area contributed by atoms with Crippen LogP contribution in [0.5, 0.6) is 0 Å². The molecule has 1 aromatic carbocycles. The molecule has 1 aliphatic rings. The zero-order valence-corrected chi connectivity index (χ0v) is 15.1. The van der Waals surface area contributed by atoms with E-state index in [-0.39, 0.29) is 5.91 Å². The number of carbonyl (C=O) groups is 1. The van der Waals surface area contributed by atoms with Gasteiger partial charge in [-0.05, 0) is 31.2 Å². The van der Waals surface area contributed by atoms with Gasteiger partial charge in [0.1, 0.15) is 0 Å². The summed E-state index contributed by atoms with van der Waals surface area (Å²) in [5.41, 5.74) is 1.64. The van der Waals surface area contributed by atoms with Gasteiger partial charge in [0, 0.05) is 38.6 Å². The Morgan fingerprint density at radius 1 is 1.20 bits per heavy atom.